The van der Waals surface area contributed by atoms with Gasteiger partial charge in [-0.3, -0.25) is 24.5 Å². The van der Waals surface area contributed by atoms with Crippen molar-refractivity contribution in [2.45, 2.75) is 25.7 Å². The lowest BCUT2D eigenvalue weighted by molar-refractivity contribution is -0.384. The number of nitro benzene ring substituents is 1. The number of carbonyl (C=O) groups is 3. The molecule has 2 rings (SSSR count). The number of nitro groups is 1. The Bertz CT molecular complexity index is 703. The van der Waals surface area contributed by atoms with Gasteiger partial charge in [0.15, 0.2) is 0 Å². The normalized spacial score (nSPS) is 12.4. The molecule has 9 nitrogen and oxygen atoms in total. The van der Waals surface area contributed by atoms with Crippen LogP contribution in [-0.2, 0) is 25.5 Å². The number of methoxy groups -OCH3 is 1. The van der Waals surface area contributed by atoms with Crippen LogP contribution in [0.2, 0.25) is 0 Å². The third kappa shape index (κ3) is 4.52. The number of non-ortho nitro benzene ring substituents is 1. The lowest BCUT2D eigenvalue weighted by atomic mass is 10.1. The molecule has 0 saturated carbocycles. The second kappa shape index (κ2) is 8.22. The van der Waals surface area contributed by atoms with E-state index < -0.39 is 16.7 Å². The number of nitrogens with zero attached hydrogens (tertiary/aromatic N) is 2. The fourth-order valence-electron chi connectivity index (χ4n) is 2.61. The highest BCUT2D eigenvalue weighted by molar-refractivity contribution is 6.40. The van der Waals surface area contributed by atoms with Crippen molar-refractivity contribution in [3.05, 3.63) is 33.9 Å². The summed E-state index contributed by atoms with van der Waals surface area (Å²) in [7, 11) is 1.31. The zero-order valence-corrected chi connectivity index (χ0v) is 13.8. The van der Waals surface area contributed by atoms with Crippen molar-refractivity contribution < 1.29 is 24.0 Å². The van der Waals surface area contributed by atoms with Gasteiger partial charge in [-0.25, -0.2) is 0 Å². The molecule has 1 heterocycles. The molecule has 1 aliphatic rings. The number of fused-ring (bicyclic) bond motifs is 1. The van der Waals surface area contributed by atoms with Gasteiger partial charge in [-0.05, 0) is 30.9 Å². The second-order valence-electron chi connectivity index (χ2n) is 5.57. The number of rotatable bonds is 6. The predicted molar refractivity (Wildman–Crippen MR) is 88.0 cm³/mol. The lowest BCUT2D eigenvalue weighted by Crippen LogP contribution is -2.42. The number of hydrogen-bond acceptors (Lipinski definition) is 6. The largest absolute Gasteiger partial charge is 0.469 e. The lowest BCUT2D eigenvalue weighted by Gasteiger charge is -2.16. The highest BCUT2D eigenvalue weighted by Crippen LogP contribution is 2.31. The fourth-order valence-corrected chi connectivity index (χ4v) is 2.61. The molecule has 1 aromatic rings. The number of benzene rings is 1. The minimum absolute atomic E-state index is 0.0388. The van der Waals surface area contributed by atoms with Crippen LogP contribution in [0.3, 0.4) is 0 Å². The quantitative estimate of drug-likeness (QED) is 0.268. The first-order valence-corrected chi connectivity index (χ1v) is 7.88. The molecule has 1 N–H and O–H groups in total. The Kier molecular flexibility index (Phi) is 6.04. The Morgan fingerprint density at radius 3 is 2.76 bits per heavy atom. The van der Waals surface area contributed by atoms with E-state index in [1.54, 1.807) is 0 Å². The summed E-state index contributed by atoms with van der Waals surface area (Å²) >= 11 is 0. The average molecular weight is 349 g/mol. The van der Waals surface area contributed by atoms with E-state index in [-0.39, 0.29) is 24.6 Å². The van der Waals surface area contributed by atoms with Crippen LogP contribution in [0.15, 0.2) is 18.2 Å². The number of ether oxygens (including phenoxy) is 1. The van der Waals surface area contributed by atoms with Gasteiger partial charge in [-0.2, -0.15) is 0 Å². The number of amides is 2. The smallest absolute Gasteiger partial charge is 0.316 e. The van der Waals surface area contributed by atoms with Crippen LogP contribution in [-0.4, -0.2) is 42.9 Å². The molecule has 0 spiro atoms. The highest BCUT2D eigenvalue weighted by Gasteiger charge is 2.30. The van der Waals surface area contributed by atoms with Gasteiger partial charge in [0.1, 0.15) is 0 Å². The van der Waals surface area contributed by atoms with Crippen LogP contribution >= 0.6 is 0 Å². The summed E-state index contributed by atoms with van der Waals surface area (Å²) in [5, 5.41) is 13.3. The van der Waals surface area contributed by atoms with Crippen LogP contribution in [0.5, 0.6) is 0 Å². The van der Waals surface area contributed by atoms with Crippen LogP contribution in [0.1, 0.15) is 24.8 Å². The van der Waals surface area contributed by atoms with Crippen LogP contribution < -0.4 is 10.2 Å². The Morgan fingerprint density at radius 2 is 2.08 bits per heavy atom. The molecule has 0 fully saturated rings. The summed E-state index contributed by atoms with van der Waals surface area (Å²) < 4.78 is 4.51. The first-order valence-electron chi connectivity index (χ1n) is 7.88. The highest BCUT2D eigenvalue weighted by atomic mass is 16.6. The molecule has 1 aromatic carbocycles. The number of esters is 1. The third-order valence-electron chi connectivity index (χ3n) is 3.93. The van der Waals surface area contributed by atoms with Crippen LogP contribution in [0.25, 0.3) is 0 Å². The molecule has 25 heavy (non-hydrogen) atoms. The Labute approximate surface area is 144 Å². The minimum Gasteiger partial charge on any atom is -0.469 e. The minimum atomic E-state index is -0.732. The van der Waals surface area contributed by atoms with E-state index in [2.05, 4.69) is 10.1 Å². The summed E-state index contributed by atoms with van der Waals surface area (Å²) in [6.07, 6.45) is 1.84. The molecule has 0 saturated heterocycles. The van der Waals surface area contributed by atoms with Gasteiger partial charge in [0.2, 0.25) is 0 Å². The Hall–Kier alpha value is -2.97. The zero-order valence-electron chi connectivity index (χ0n) is 13.8. The molecule has 0 atom stereocenters. The Balaban J connectivity index is 1.87. The van der Waals surface area contributed by atoms with Crippen LogP contribution in [0, 0.1) is 10.1 Å². The summed E-state index contributed by atoms with van der Waals surface area (Å²) in [5.41, 5.74) is 1.16. The molecule has 0 aromatic heterocycles. The van der Waals surface area contributed by atoms with E-state index in [9.17, 15) is 24.5 Å². The van der Waals surface area contributed by atoms with Crippen LogP contribution in [0.4, 0.5) is 11.4 Å². The maximum atomic E-state index is 12.3. The van der Waals surface area contributed by atoms with E-state index in [4.69, 9.17) is 0 Å². The van der Waals surface area contributed by atoms with Gasteiger partial charge in [0.25, 0.3) is 5.69 Å². The van der Waals surface area contributed by atoms with Crippen molar-refractivity contribution in [3.8, 4) is 0 Å². The molecule has 0 aliphatic carbocycles. The molecule has 134 valence electrons. The van der Waals surface area contributed by atoms with Crippen molar-refractivity contribution in [2.75, 3.05) is 25.1 Å². The molecule has 2 amide bonds. The predicted octanol–water partition coefficient (Wildman–Crippen LogP) is 0.943. The maximum absolute atomic E-state index is 12.3. The molecule has 1 aliphatic heterocycles. The van der Waals surface area contributed by atoms with Crippen molar-refractivity contribution >= 4 is 29.2 Å². The number of nitrogens with one attached hydrogen (secondary N) is 1. The van der Waals surface area contributed by atoms with Crippen molar-refractivity contribution in [1.29, 1.82) is 0 Å². The fraction of sp³-hybridized carbons (Fsp3) is 0.438. The van der Waals surface area contributed by atoms with E-state index in [1.807, 2.05) is 0 Å². The molecule has 0 unspecified atom stereocenters. The van der Waals surface area contributed by atoms with Crippen molar-refractivity contribution in [3.63, 3.8) is 0 Å². The van der Waals surface area contributed by atoms with Gasteiger partial charge in [0.05, 0.1) is 12.0 Å². The number of hydrogen-bond donors (Lipinski definition) is 1. The topological polar surface area (TPSA) is 119 Å². The molecular formula is C16H19N3O6. The van der Waals surface area contributed by atoms with E-state index in [0.29, 0.717) is 37.1 Å². The molecule has 0 bridgehead atoms. The van der Waals surface area contributed by atoms with Gasteiger partial charge in [-0.15, -0.1) is 0 Å². The first kappa shape index (κ1) is 18.4. The molecular weight excluding hydrogens is 330 g/mol. The first-order chi connectivity index (χ1) is 11.9. The van der Waals surface area contributed by atoms with Gasteiger partial charge in [0, 0.05) is 37.3 Å². The van der Waals surface area contributed by atoms with E-state index in [0.717, 1.165) is 0 Å². The monoisotopic (exact) mass is 349 g/mol. The summed E-state index contributed by atoms with van der Waals surface area (Å²) in [6, 6.07) is 4.23. The van der Waals surface area contributed by atoms with Gasteiger partial charge < -0.3 is 15.0 Å². The van der Waals surface area contributed by atoms with Crippen molar-refractivity contribution in [1.82, 2.24) is 5.32 Å². The summed E-state index contributed by atoms with van der Waals surface area (Å²) in [6.45, 7) is 0.591. The van der Waals surface area contributed by atoms with Gasteiger partial charge in [-0.1, -0.05) is 0 Å². The van der Waals surface area contributed by atoms with Crippen molar-refractivity contribution in [2.24, 2.45) is 0 Å². The summed E-state index contributed by atoms with van der Waals surface area (Å²) in [5.74, 6) is -1.74. The molecule has 9 heteroatoms. The molecule has 0 radical (unpaired) electrons. The summed E-state index contributed by atoms with van der Waals surface area (Å²) in [4.78, 5) is 46.8. The number of unbranched alkanes of at least 4 members (excludes halogenated alkanes) is 1. The standard InChI is InChI=1S/C16H19N3O6/c1-25-14(20)4-2-3-8-17-15(21)16(22)18-9-7-11-10-12(19(23)24)5-6-13(11)18/h5-6,10H,2-4,7-9H2,1H3,(H,17,21). The average Bonchev–Trinajstić information content (AvgIpc) is 3.03. The van der Waals surface area contributed by atoms with E-state index in [1.165, 1.54) is 30.2 Å². The zero-order chi connectivity index (χ0) is 18.4. The number of carbonyl (C=O) groups excluding carboxylic acids is 3. The Morgan fingerprint density at radius 1 is 1.32 bits per heavy atom. The van der Waals surface area contributed by atoms with E-state index >= 15 is 0 Å². The SMILES string of the molecule is COC(=O)CCCCNC(=O)C(=O)N1CCc2cc([N+](=O)[O-])ccc21. The number of anilines is 1. The third-order valence-corrected chi connectivity index (χ3v) is 3.93. The maximum Gasteiger partial charge on any atom is 0.316 e. The van der Waals surface area contributed by atoms with Gasteiger partial charge >= 0.3 is 17.8 Å². The second-order valence-corrected chi connectivity index (χ2v) is 5.57.